The highest BCUT2D eigenvalue weighted by Crippen LogP contribution is 2.10. The van der Waals surface area contributed by atoms with E-state index in [2.05, 4.69) is 26.2 Å². The van der Waals surface area contributed by atoms with Crippen LogP contribution in [0.25, 0.3) is 0 Å². The molecule has 92 valence electrons. The zero-order chi connectivity index (χ0) is 12.8. The Labute approximate surface area is 108 Å². The Hall–Kier alpha value is -1.43. The van der Waals surface area contributed by atoms with E-state index in [1.165, 1.54) is 11.1 Å². The Morgan fingerprint density at radius 3 is 2.76 bits per heavy atom. The summed E-state index contributed by atoms with van der Waals surface area (Å²) in [4.78, 5) is 28.5. The van der Waals surface area contributed by atoms with Gasteiger partial charge in [-0.05, 0) is 28.9 Å². The Balaban J connectivity index is 2.67. The molecule has 0 saturated heterocycles. The molecule has 0 unspecified atom stereocenters. The van der Waals surface area contributed by atoms with Gasteiger partial charge in [-0.1, -0.05) is 0 Å². The summed E-state index contributed by atoms with van der Waals surface area (Å²) >= 11 is 3.24. The van der Waals surface area contributed by atoms with Crippen molar-refractivity contribution in [2.24, 2.45) is 0 Å². The number of pyridine rings is 1. The molecule has 1 aromatic rings. The number of carbonyl (C=O) groups is 2. The summed E-state index contributed by atoms with van der Waals surface area (Å²) in [6.45, 7) is 2.43. The van der Waals surface area contributed by atoms with Gasteiger partial charge >= 0.3 is 0 Å². The van der Waals surface area contributed by atoms with Gasteiger partial charge in [0.2, 0.25) is 5.91 Å². The SMILES string of the molecule is CCNC(=O)CN(C)C(=O)c1cncc(Br)c1. The van der Waals surface area contributed by atoms with Gasteiger partial charge in [-0.15, -0.1) is 0 Å². The highest BCUT2D eigenvalue weighted by atomic mass is 79.9. The number of halogens is 1. The van der Waals surface area contributed by atoms with Crippen LogP contribution in [0.1, 0.15) is 17.3 Å². The minimum absolute atomic E-state index is 0.0409. The predicted molar refractivity (Wildman–Crippen MR) is 67.6 cm³/mol. The number of aromatic nitrogens is 1. The fourth-order valence-corrected chi connectivity index (χ4v) is 1.65. The zero-order valence-corrected chi connectivity index (χ0v) is 11.3. The molecule has 0 radical (unpaired) electrons. The van der Waals surface area contributed by atoms with E-state index in [9.17, 15) is 9.59 Å². The van der Waals surface area contributed by atoms with Crippen LogP contribution in [0, 0.1) is 0 Å². The fraction of sp³-hybridized carbons (Fsp3) is 0.364. The molecule has 5 nitrogen and oxygen atoms in total. The van der Waals surface area contributed by atoms with E-state index in [0.717, 1.165) is 4.47 Å². The first-order valence-corrected chi connectivity index (χ1v) is 5.96. The summed E-state index contributed by atoms with van der Waals surface area (Å²) < 4.78 is 0.731. The lowest BCUT2D eigenvalue weighted by molar-refractivity contribution is -0.121. The van der Waals surface area contributed by atoms with Gasteiger partial charge < -0.3 is 10.2 Å². The number of nitrogens with zero attached hydrogens (tertiary/aromatic N) is 2. The first-order valence-electron chi connectivity index (χ1n) is 5.17. The molecule has 2 amide bonds. The average Bonchev–Trinajstić information content (AvgIpc) is 2.28. The van der Waals surface area contributed by atoms with Gasteiger partial charge in [0, 0.05) is 30.5 Å². The largest absolute Gasteiger partial charge is 0.355 e. The zero-order valence-electron chi connectivity index (χ0n) is 9.74. The van der Waals surface area contributed by atoms with E-state index in [4.69, 9.17) is 0 Å². The topological polar surface area (TPSA) is 62.3 Å². The van der Waals surface area contributed by atoms with Crippen molar-refractivity contribution < 1.29 is 9.59 Å². The number of hydrogen-bond donors (Lipinski definition) is 1. The molecule has 0 aliphatic carbocycles. The molecule has 1 rings (SSSR count). The summed E-state index contributed by atoms with van der Waals surface area (Å²) in [6.07, 6.45) is 3.07. The summed E-state index contributed by atoms with van der Waals surface area (Å²) in [5.74, 6) is -0.406. The Morgan fingerprint density at radius 1 is 1.47 bits per heavy atom. The molecule has 17 heavy (non-hydrogen) atoms. The standard InChI is InChI=1S/C11H14BrN3O2/c1-3-14-10(16)7-15(2)11(17)8-4-9(12)6-13-5-8/h4-6H,3,7H2,1-2H3,(H,14,16). The van der Waals surface area contributed by atoms with Crippen LogP contribution in [0.4, 0.5) is 0 Å². The van der Waals surface area contributed by atoms with Crippen molar-refractivity contribution in [2.75, 3.05) is 20.1 Å². The number of hydrogen-bond acceptors (Lipinski definition) is 3. The van der Waals surface area contributed by atoms with Crippen LogP contribution in [0.5, 0.6) is 0 Å². The first-order chi connectivity index (χ1) is 8.04. The molecule has 0 fully saturated rings. The minimum Gasteiger partial charge on any atom is -0.355 e. The third-order valence-corrected chi connectivity index (χ3v) is 2.49. The maximum absolute atomic E-state index is 11.9. The van der Waals surface area contributed by atoms with Crippen LogP contribution < -0.4 is 5.32 Å². The van der Waals surface area contributed by atoms with Crippen LogP contribution in [0.2, 0.25) is 0 Å². The molecule has 6 heteroatoms. The lowest BCUT2D eigenvalue weighted by Crippen LogP contribution is -2.38. The van der Waals surface area contributed by atoms with Gasteiger partial charge in [0.05, 0.1) is 12.1 Å². The maximum Gasteiger partial charge on any atom is 0.255 e. The lowest BCUT2D eigenvalue weighted by atomic mass is 10.2. The van der Waals surface area contributed by atoms with Crippen molar-refractivity contribution in [1.29, 1.82) is 0 Å². The molecule has 0 bridgehead atoms. The first kappa shape index (κ1) is 13.6. The van der Waals surface area contributed by atoms with Crippen molar-refractivity contribution in [3.8, 4) is 0 Å². The Bertz CT molecular complexity index is 423. The van der Waals surface area contributed by atoms with Gasteiger partial charge in [-0.25, -0.2) is 0 Å². The summed E-state index contributed by atoms with van der Waals surface area (Å²) in [5.41, 5.74) is 0.450. The van der Waals surface area contributed by atoms with E-state index in [0.29, 0.717) is 12.1 Å². The highest BCUT2D eigenvalue weighted by molar-refractivity contribution is 9.10. The second kappa shape index (κ2) is 6.34. The van der Waals surface area contributed by atoms with Gasteiger partial charge in [0.15, 0.2) is 0 Å². The smallest absolute Gasteiger partial charge is 0.255 e. The van der Waals surface area contributed by atoms with Crippen LogP contribution in [0.3, 0.4) is 0 Å². The molecule has 0 spiro atoms. The monoisotopic (exact) mass is 299 g/mol. The molecular formula is C11H14BrN3O2. The molecule has 1 N–H and O–H groups in total. The van der Waals surface area contributed by atoms with Crippen molar-refractivity contribution in [3.05, 3.63) is 28.5 Å². The minimum atomic E-state index is -0.231. The number of rotatable bonds is 4. The normalized spacial score (nSPS) is 9.82. The van der Waals surface area contributed by atoms with Gasteiger partial charge in [-0.3, -0.25) is 14.6 Å². The molecular weight excluding hydrogens is 286 g/mol. The predicted octanol–water partition coefficient (Wildman–Crippen LogP) is 1.05. The number of nitrogens with one attached hydrogen (secondary N) is 1. The molecule has 0 saturated carbocycles. The number of amides is 2. The fourth-order valence-electron chi connectivity index (χ4n) is 1.29. The van der Waals surface area contributed by atoms with E-state index in [-0.39, 0.29) is 18.4 Å². The van der Waals surface area contributed by atoms with E-state index < -0.39 is 0 Å². The second-order valence-corrected chi connectivity index (χ2v) is 4.42. The van der Waals surface area contributed by atoms with Gasteiger partial charge in [0.1, 0.15) is 0 Å². The molecule has 1 aromatic heterocycles. The van der Waals surface area contributed by atoms with Crippen LogP contribution in [-0.4, -0.2) is 41.8 Å². The van der Waals surface area contributed by atoms with Crippen molar-refractivity contribution in [2.45, 2.75) is 6.92 Å². The molecule has 1 heterocycles. The Morgan fingerprint density at radius 2 is 2.18 bits per heavy atom. The van der Waals surface area contributed by atoms with Crippen LogP contribution >= 0.6 is 15.9 Å². The van der Waals surface area contributed by atoms with E-state index in [1.54, 1.807) is 19.3 Å². The molecule has 0 aromatic carbocycles. The molecule has 0 aliphatic rings. The summed E-state index contributed by atoms with van der Waals surface area (Å²) in [7, 11) is 1.58. The van der Waals surface area contributed by atoms with Crippen LogP contribution in [-0.2, 0) is 4.79 Å². The van der Waals surface area contributed by atoms with Crippen molar-refractivity contribution >= 4 is 27.7 Å². The van der Waals surface area contributed by atoms with E-state index >= 15 is 0 Å². The summed E-state index contributed by atoms with van der Waals surface area (Å²) in [5, 5.41) is 2.64. The van der Waals surface area contributed by atoms with Crippen LogP contribution in [0.15, 0.2) is 22.9 Å². The third kappa shape index (κ3) is 4.14. The average molecular weight is 300 g/mol. The van der Waals surface area contributed by atoms with Crippen molar-refractivity contribution in [3.63, 3.8) is 0 Å². The van der Waals surface area contributed by atoms with Gasteiger partial charge in [0.25, 0.3) is 5.91 Å². The molecule has 0 aliphatic heterocycles. The number of carbonyl (C=O) groups excluding carboxylic acids is 2. The van der Waals surface area contributed by atoms with Gasteiger partial charge in [-0.2, -0.15) is 0 Å². The maximum atomic E-state index is 11.9. The quantitative estimate of drug-likeness (QED) is 0.904. The van der Waals surface area contributed by atoms with Crippen molar-refractivity contribution in [1.82, 2.24) is 15.2 Å². The lowest BCUT2D eigenvalue weighted by Gasteiger charge is -2.16. The summed E-state index contributed by atoms with van der Waals surface area (Å²) in [6, 6.07) is 1.67. The number of likely N-dealkylation sites (N-methyl/N-ethyl adjacent to an activating group) is 2. The molecule has 0 atom stereocenters. The Kier molecular flexibility index (Phi) is 5.09. The highest BCUT2D eigenvalue weighted by Gasteiger charge is 2.14. The third-order valence-electron chi connectivity index (χ3n) is 2.05. The second-order valence-electron chi connectivity index (χ2n) is 3.51. The van der Waals surface area contributed by atoms with E-state index in [1.807, 2.05) is 6.92 Å².